The molecule has 0 heterocycles. The summed E-state index contributed by atoms with van der Waals surface area (Å²) in [5.74, 6) is -0.760. The van der Waals surface area contributed by atoms with Crippen LogP contribution in [0, 0.1) is 0 Å². The summed E-state index contributed by atoms with van der Waals surface area (Å²) >= 11 is 0. The van der Waals surface area contributed by atoms with Gasteiger partial charge in [0, 0.05) is 12.3 Å². The molecule has 0 bridgehead atoms. The maximum atomic E-state index is 12.0. The van der Waals surface area contributed by atoms with Crippen molar-refractivity contribution in [2.24, 2.45) is 0 Å². The summed E-state index contributed by atoms with van der Waals surface area (Å²) in [6.07, 6.45) is 1.04. The molecule has 1 aromatic rings. The quantitative estimate of drug-likeness (QED) is 0.766. The summed E-state index contributed by atoms with van der Waals surface area (Å²) in [4.78, 5) is 0. The maximum Gasteiger partial charge on any atom is 0.153 e. The van der Waals surface area contributed by atoms with E-state index in [1.54, 1.807) is 0 Å². The largest absolute Gasteiger partial charge is 0.309 e. The lowest BCUT2D eigenvalue weighted by Gasteiger charge is -2.18. The van der Waals surface area contributed by atoms with Crippen molar-refractivity contribution >= 4 is 19.7 Å². The normalized spacial score (nSPS) is 14.1. The lowest BCUT2D eigenvalue weighted by atomic mass is 10.1. The highest BCUT2D eigenvalue weighted by Crippen LogP contribution is 2.15. The van der Waals surface area contributed by atoms with E-state index >= 15 is 0 Å². The van der Waals surface area contributed by atoms with E-state index in [4.69, 9.17) is 0 Å². The van der Waals surface area contributed by atoms with Crippen LogP contribution in [-0.2, 0) is 19.7 Å². The Morgan fingerprint density at radius 1 is 1.05 bits per heavy atom. The summed E-state index contributed by atoms with van der Waals surface area (Å²) in [5, 5.41) is 3.12. The van der Waals surface area contributed by atoms with Gasteiger partial charge in [-0.25, -0.2) is 16.8 Å². The third-order valence-corrected chi connectivity index (χ3v) is 5.71. The number of sulfone groups is 2. The Bertz CT molecular complexity index is 609. The Morgan fingerprint density at radius 3 is 2.15 bits per heavy atom. The summed E-state index contributed by atoms with van der Waals surface area (Å²) < 4.78 is 46.2. The molecule has 0 spiro atoms. The Hall–Kier alpha value is -0.920. The van der Waals surface area contributed by atoms with Gasteiger partial charge in [-0.3, -0.25) is 0 Å². The highest BCUT2D eigenvalue weighted by Gasteiger charge is 2.21. The topological polar surface area (TPSA) is 80.3 Å². The van der Waals surface area contributed by atoms with Crippen molar-refractivity contribution in [2.45, 2.75) is 13.0 Å². The first kappa shape index (κ1) is 17.1. The fraction of sp³-hybridized carbons (Fsp3) is 0.538. The van der Waals surface area contributed by atoms with Gasteiger partial charge in [-0.1, -0.05) is 37.3 Å². The number of hydrogen-bond donors (Lipinski definition) is 1. The van der Waals surface area contributed by atoms with Crippen molar-refractivity contribution in [3.63, 3.8) is 0 Å². The second-order valence-electron chi connectivity index (χ2n) is 4.77. The first-order valence-corrected chi connectivity index (χ1v) is 10.3. The molecule has 0 amide bonds. The zero-order valence-electron chi connectivity index (χ0n) is 11.7. The number of rotatable bonds is 8. The van der Waals surface area contributed by atoms with E-state index in [0.29, 0.717) is 6.54 Å². The molecular formula is C13H21NO4S2. The lowest BCUT2D eigenvalue weighted by Crippen LogP contribution is -2.30. The SMILES string of the molecule is CCNC(CS(=O)(=O)CCS(C)(=O)=O)c1ccccc1. The Balaban J connectivity index is 2.80. The summed E-state index contributed by atoms with van der Waals surface area (Å²) in [7, 11) is -6.70. The van der Waals surface area contributed by atoms with Crippen LogP contribution in [-0.4, -0.2) is 46.9 Å². The predicted octanol–water partition coefficient (Wildman–Crippen LogP) is 0.797. The number of nitrogens with one attached hydrogen (secondary N) is 1. The third-order valence-electron chi connectivity index (χ3n) is 2.84. The second kappa shape index (κ2) is 7.19. The van der Waals surface area contributed by atoms with E-state index in [-0.39, 0.29) is 23.3 Å². The molecule has 0 fully saturated rings. The third kappa shape index (κ3) is 6.49. The van der Waals surface area contributed by atoms with Crippen molar-refractivity contribution in [3.8, 4) is 0 Å². The van der Waals surface area contributed by atoms with E-state index in [9.17, 15) is 16.8 Å². The van der Waals surface area contributed by atoms with Crippen LogP contribution in [0.1, 0.15) is 18.5 Å². The van der Waals surface area contributed by atoms with Crippen LogP contribution in [0.25, 0.3) is 0 Å². The van der Waals surface area contributed by atoms with Gasteiger partial charge in [-0.2, -0.15) is 0 Å². The van der Waals surface area contributed by atoms with Crippen molar-refractivity contribution in [3.05, 3.63) is 35.9 Å². The van der Waals surface area contributed by atoms with E-state index in [2.05, 4.69) is 5.32 Å². The van der Waals surface area contributed by atoms with Crippen molar-refractivity contribution in [1.82, 2.24) is 5.32 Å². The van der Waals surface area contributed by atoms with Gasteiger partial charge < -0.3 is 5.32 Å². The average Bonchev–Trinajstić information content (AvgIpc) is 2.36. The Kier molecular flexibility index (Phi) is 6.16. The van der Waals surface area contributed by atoms with Gasteiger partial charge in [-0.05, 0) is 12.1 Å². The first-order valence-electron chi connectivity index (χ1n) is 6.40. The molecule has 1 N–H and O–H groups in total. The number of hydrogen-bond acceptors (Lipinski definition) is 5. The van der Waals surface area contributed by atoms with Crippen molar-refractivity contribution in [2.75, 3.05) is 30.1 Å². The fourth-order valence-electron chi connectivity index (χ4n) is 1.82. The van der Waals surface area contributed by atoms with Crippen molar-refractivity contribution in [1.29, 1.82) is 0 Å². The Labute approximate surface area is 121 Å². The summed E-state index contributed by atoms with van der Waals surface area (Å²) in [5.41, 5.74) is 0.886. The molecule has 114 valence electrons. The molecule has 1 atom stereocenters. The van der Waals surface area contributed by atoms with Gasteiger partial charge in [-0.15, -0.1) is 0 Å². The molecule has 1 unspecified atom stereocenters. The zero-order valence-corrected chi connectivity index (χ0v) is 13.4. The highest BCUT2D eigenvalue weighted by atomic mass is 32.2. The molecule has 0 radical (unpaired) electrons. The minimum absolute atomic E-state index is 0.0969. The Morgan fingerprint density at radius 2 is 1.65 bits per heavy atom. The van der Waals surface area contributed by atoms with Gasteiger partial charge >= 0.3 is 0 Å². The maximum absolute atomic E-state index is 12.0. The van der Waals surface area contributed by atoms with Crippen LogP contribution in [0.4, 0.5) is 0 Å². The predicted molar refractivity (Wildman–Crippen MR) is 81.2 cm³/mol. The lowest BCUT2D eigenvalue weighted by molar-refractivity contribution is 0.558. The number of benzene rings is 1. The smallest absolute Gasteiger partial charge is 0.153 e. The zero-order chi connectivity index (χ0) is 15.2. The molecular weight excluding hydrogens is 298 g/mol. The molecule has 7 heteroatoms. The molecule has 1 aromatic carbocycles. The molecule has 0 aliphatic carbocycles. The minimum Gasteiger partial charge on any atom is -0.309 e. The fourth-order valence-corrected chi connectivity index (χ4v) is 5.03. The van der Waals surface area contributed by atoms with E-state index in [0.717, 1.165) is 11.8 Å². The van der Waals surface area contributed by atoms with Crippen molar-refractivity contribution < 1.29 is 16.8 Å². The molecule has 5 nitrogen and oxygen atoms in total. The van der Waals surface area contributed by atoms with E-state index < -0.39 is 19.7 Å². The van der Waals surface area contributed by atoms with Crippen LogP contribution in [0.15, 0.2) is 30.3 Å². The van der Waals surface area contributed by atoms with Crippen LogP contribution in [0.3, 0.4) is 0 Å². The minimum atomic E-state index is -3.43. The highest BCUT2D eigenvalue weighted by molar-refractivity contribution is 7.94. The molecule has 0 aromatic heterocycles. The van der Waals surface area contributed by atoms with E-state index in [1.165, 1.54) is 0 Å². The van der Waals surface area contributed by atoms with Crippen LogP contribution in [0.5, 0.6) is 0 Å². The summed E-state index contributed by atoms with van der Waals surface area (Å²) in [6, 6.07) is 8.97. The molecule has 0 aliphatic rings. The first-order chi connectivity index (χ1) is 9.23. The second-order valence-corrected chi connectivity index (χ2v) is 9.25. The van der Waals surface area contributed by atoms with Gasteiger partial charge in [0.2, 0.25) is 0 Å². The van der Waals surface area contributed by atoms with Gasteiger partial charge in [0.15, 0.2) is 9.84 Å². The molecule has 1 rings (SSSR count). The van der Waals surface area contributed by atoms with E-state index in [1.807, 2.05) is 37.3 Å². The molecule has 0 saturated heterocycles. The molecule has 20 heavy (non-hydrogen) atoms. The average molecular weight is 319 g/mol. The molecule has 0 saturated carbocycles. The van der Waals surface area contributed by atoms with Gasteiger partial charge in [0.25, 0.3) is 0 Å². The monoisotopic (exact) mass is 319 g/mol. The standard InChI is InChI=1S/C13H21NO4S2/c1-3-14-13(12-7-5-4-6-8-12)11-20(17,18)10-9-19(2,15)16/h4-8,13-14H,3,9-11H2,1-2H3. The summed E-state index contributed by atoms with van der Waals surface area (Å²) in [6.45, 7) is 2.54. The van der Waals surface area contributed by atoms with Crippen LogP contribution in [0.2, 0.25) is 0 Å². The molecule has 0 aliphatic heterocycles. The van der Waals surface area contributed by atoms with Gasteiger partial charge in [0.1, 0.15) is 9.84 Å². The van der Waals surface area contributed by atoms with Crippen LogP contribution < -0.4 is 5.32 Å². The van der Waals surface area contributed by atoms with Gasteiger partial charge in [0.05, 0.1) is 17.3 Å². The van der Waals surface area contributed by atoms with Crippen LogP contribution >= 0.6 is 0 Å².